The van der Waals surface area contributed by atoms with E-state index in [0.717, 1.165) is 19.1 Å². The predicted molar refractivity (Wildman–Crippen MR) is 84.5 cm³/mol. The fourth-order valence-corrected chi connectivity index (χ4v) is 2.76. The lowest BCUT2D eigenvalue weighted by Crippen LogP contribution is -2.31. The zero-order chi connectivity index (χ0) is 14.5. The molecule has 2 aliphatic rings. The lowest BCUT2D eigenvalue weighted by atomic mass is 9.89. The Morgan fingerprint density at radius 3 is 2.11 bits per heavy atom. The quantitative estimate of drug-likeness (QED) is 0.857. The van der Waals surface area contributed by atoms with Gasteiger partial charge in [-0.2, -0.15) is 0 Å². The highest BCUT2D eigenvalue weighted by Crippen LogP contribution is 2.25. The molecule has 1 aliphatic carbocycles. The SMILES string of the molecule is CC.CCOC.NC1CCN(CC2CCCCC2)C1. The minimum atomic E-state index is 0.462. The van der Waals surface area contributed by atoms with Crippen LogP contribution in [0.2, 0.25) is 0 Å². The molecule has 2 fully saturated rings. The molecule has 3 heteroatoms. The van der Waals surface area contributed by atoms with E-state index in [1.165, 1.54) is 51.6 Å². The molecule has 0 bridgehead atoms. The first-order valence-electron chi connectivity index (χ1n) is 8.23. The summed E-state index contributed by atoms with van der Waals surface area (Å²) in [4.78, 5) is 2.57. The van der Waals surface area contributed by atoms with E-state index in [4.69, 9.17) is 5.73 Å². The minimum Gasteiger partial charge on any atom is -0.385 e. The van der Waals surface area contributed by atoms with E-state index in [9.17, 15) is 0 Å². The van der Waals surface area contributed by atoms with Crippen LogP contribution in [0.1, 0.15) is 59.3 Å². The molecule has 0 aromatic rings. The van der Waals surface area contributed by atoms with E-state index in [1.54, 1.807) is 7.11 Å². The fourth-order valence-electron chi connectivity index (χ4n) is 2.76. The molecule has 1 unspecified atom stereocenters. The van der Waals surface area contributed by atoms with Crippen LogP contribution >= 0.6 is 0 Å². The third kappa shape index (κ3) is 9.42. The number of methoxy groups -OCH3 is 1. The zero-order valence-corrected chi connectivity index (χ0v) is 13.7. The van der Waals surface area contributed by atoms with Crippen LogP contribution in [0.25, 0.3) is 0 Å². The lowest BCUT2D eigenvalue weighted by Gasteiger charge is -2.26. The van der Waals surface area contributed by atoms with Crippen LogP contribution in [0.5, 0.6) is 0 Å². The summed E-state index contributed by atoms with van der Waals surface area (Å²) >= 11 is 0. The summed E-state index contributed by atoms with van der Waals surface area (Å²) in [7, 11) is 1.68. The molecule has 0 aromatic heterocycles. The Hall–Kier alpha value is -0.120. The van der Waals surface area contributed by atoms with Crippen molar-refractivity contribution in [2.75, 3.05) is 33.4 Å². The molecule has 1 saturated heterocycles. The van der Waals surface area contributed by atoms with Gasteiger partial charge in [-0.3, -0.25) is 0 Å². The van der Waals surface area contributed by atoms with Crippen LogP contribution in [0.3, 0.4) is 0 Å². The van der Waals surface area contributed by atoms with E-state index in [0.29, 0.717) is 6.04 Å². The zero-order valence-electron chi connectivity index (χ0n) is 13.7. The second-order valence-electron chi connectivity index (χ2n) is 5.39. The summed E-state index contributed by atoms with van der Waals surface area (Å²) in [6.07, 6.45) is 8.54. The van der Waals surface area contributed by atoms with Crippen LogP contribution in [0, 0.1) is 5.92 Å². The first-order valence-corrected chi connectivity index (χ1v) is 8.23. The van der Waals surface area contributed by atoms with E-state index in [2.05, 4.69) is 9.64 Å². The van der Waals surface area contributed by atoms with Crippen molar-refractivity contribution in [2.45, 2.75) is 65.3 Å². The molecule has 2 N–H and O–H groups in total. The van der Waals surface area contributed by atoms with Crippen molar-refractivity contribution in [1.29, 1.82) is 0 Å². The average Bonchev–Trinajstić information content (AvgIpc) is 2.88. The van der Waals surface area contributed by atoms with Gasteiger partial charge >= 0.3 is 0 Å². The first-order chi connectivity index (χ1) is 9.26. The van der Waals surface area contributed by atoms with Crippen molar-refractivity contribution < 1.29 is 4.74 Å². The van der Waals surface area contributed by atoms with Gasteiger partial charge in [0.05, 0.1) is 0 Å². The molecule has 2 rings (SSSR count). The Kier molecular flexibility index (Phi) is 12.8. The third-order valence-electron chi connectivity index (χ3n) is 3.84. The Balaban J connectivity index is 0.000000467. The Morgan fingerprint density at radius 1 is 1.11 bits per heavy atom. The molecule has 19 heavy (non-hydrogen) atoms. The van der Waals surface area contributed by atoms with Crippen molar-refractivity contribution in [3.63, 3.8) is 0 Å². The first kappa shape index (κ1) is 18.9. The van der Waals surface area contributed by atoms with Gasteiger partial charge in [-0.1, -0.05) is 33.1 Å². The monoisotopic (exact) mass is 272 g/mol. The van der Waals surface area contributed by atoms with Crippen LogP contribution in [-0.4, -0.2) is 44.3 Å². The normalized spacial score (nSPS) is 24.2. The topological polar surface area (TPSA) is 38.5 Å². The maximum Gasteiger partial charge on any atom is 0.0433 e. The van der Waals surface area contributed by atoms with Crippen LogP contribution in [-0.2, 0) is 4.74 Å². The van der Waals surface area contributed by atoms with Crippen molar-refractivity contribution in [3.8, 4) is 0 Å². The van der Waals surface area contributed by atoms with Gasteiger partial charge in [-0.05, 0) is 38.6 Å². The smallest absolute Gasteiger partial charge is 0.0433 e. The van der Waals surface area contributed by atoms with Crippen LogP contribution in [0.15, 0.2) is 0 Å². The maximum absolute atomic E-state index is 5.89. The summed E-state index contributed by atoms with van der Waals surface area (Å²) in [6.45, 7) is 10.5. The number of hydrogen-bond acceptors (Lipinski definition) is 3. The molecule has 3 nitrogen and oxygen atoms in total. The van der Waals surface area contributed by atoms with Gasteiger partial charge in [0.2, 0.25) is 0 Å². The predicted octanol–water partition coefficient (Wildman–Crippen LogP) is 3.28. The van der Waals surface area contributed by atoms with Crippen LogP contribution < -0.4 is 5.73 Å². The fraction of sp³-hybridized carbons (Fsp3) is 1.00. The highest BCUT2D eigenvalue weighted by atomic mass is 16.5. The molecule has 1 aliphatic heterocycles. The van der Waals surface area contributed by atoms with Gasteiger partial charge in [0.25, 0.3) is 0 Å². The molecule has 1 atom stereocenters. The number of rotatable bonds is 3. The van der Waals surface area contributed by atoms with Gasteiger partial charge in [0.1, 0.15) is 0 Å². The van der Waals surface area contributed by atoms with Crippen molar-refractivity contribution in [3.05, 3.63) is 0 Å². The Labute approximate surface area is 120 Å². The summed E-state index contributed by atoms with van der Waals surface area (Å²) in [5, 5.41) is 0. The van der Waals surface area contributed by atoms with E-state index >= 15 is 0 Å². The molecule has 1 heterocycles. The number of nitrogens with two attached hydrogens (primary N) is 1. The molecular formula is C16H36N2O. The Bertz CT molecular complexity index is 177. The average molecular weight is 272 g/mol. The molecule has 0 radical (unpaired) electrons. The molecule has 116 valence electrons. The lowest BCUT2D eigenvalue weighted by molar-refractivity contribution is 0.215. The second-order valence-corrected chi connectivity index (χ2v) is 5.39. The van der Waals surface area contributed by atoms with Gasteiger partial charge in [0, 0.05) is 32.8 Å². The van der Waals surface area contributed by atoms with Crippen molar-refractivity contribution in [2.24, 2.45) is 11.7 Å². The molecule has 0 spiro atoms. The summed E-state index contributed by atoms with van der Waals surface area (Å²) < 4.78 is 4.54. The number of likely N-dealkylation sites (tertiary alicyclic amines) is 1. The van der Waals surface area contributed by atoms with Gasteiger partial charge in [0.15, 0.2) is 0 Å². The molecular weight excluding hydrogens is 236 g/mol. The summed E-state index contributed by atoms with van der Waals surface area (Å²) in [5.41, 5.74) is 5.89. The highest BCUT2D eigenvalue weighted by molar-refractivity contribution is 4.80. The highest BCUT2D eigenvalue weighted by Gasteiger charge is 2.22. The van der Waals surface area contributed by atoms with Crippen LogP contribution in [0.4, 0.5) is 0 Å². The van der Waals surface area contributed by atoms with E-state index in [1.807, 2.05) is 20.8 Å². The van der Waals surface area contributed by atoms with Crippen molar-refractivity contribution in [1.82, 2.24) is 4.90 Å². The van der Waals surface area contributed by atoms with Crippen molar-refractivity contribution >= 4 is 0 Å². The Morgan fingerprint density at radius 2 is 1.68 bits per heavy atom. The summed E-state index contributed by atoms with van der Waals surface area (Å²) in [5.74, 6) is 0.985. The van der Waals surface area contributed by atoms with E-state index in [-0.39, 0.29) is 0 Å². The standard InChI is InChI=1S/C11H22N2.C3H8O.C2H6/c12-11-6-7-13(9-11)8-10-4-2-1-3-5-10;1-3-4-2;1-2/h10-11H,1-9,12H2;3H2,1-2H3;1-2H3. The number of hydrogen-bond donors (Lipinski definition) is 1. The molecule has 0 aromatic carbocycles. The summed E-state index contributed by atoms with van der Waals surface area (Å²) in [6, 6.07) is 0.462. The van der Waals surface area contributed by atoms with E-state index < -0.39 is 0 Å². The molecule has 0 amide bonds. The minimum absolute atomic E-state index is 0.462. The second kappa shape index (κ2) is 12.9. The largest absolute Gasteiger partial charge is 0.385 e. The number of ether oxygens (including phenoxy) is 1. The van der Waals surface area contributed by atoms with Gasteiger partial charge in [-0.15, -0.1) is 0 Å². The van der Waals surface area contributed by atoms with Gasteiger partial charge in [-0.25, -0.2) is 0 Å². The maximum atomic E-state index is 5.89. The number of nitrogens with zero attached hydrogens (tertiary/aromatic N) is 1. The molecule has 1 saturated carbocycles. The van der Waals surface area contributed by atoms with Gasteiger partial charge < -0.3 is 15.4 Å². The third-order valence-corrected chi connectivity index (χ3v) is 3.84.